The van der Waals surface area contributed by atoms with Crippen LogP contribution in [0.1, 0.15) is 11.1 Å². The van der Waals surface area contributed by atoms with Gasteiger partial charge in [-0.15, -0.1) is 0 Å². The highest BCUT2D eigenvalue weighted by atomic mass is 35.5. The number of ether oxygens (including phenoxy) is 1. The van der Waals surface area contributed by atoms with Gasteiger partial charge >= 0.3 is 0 Å². The van der Waals surface area contributed by atoms with E-state index in [2.05, 4.69) is 11.8 Å². The molecule has 0 spiro atoms. The van der Waals surface area contributed by atoms with Crippen LogP contribution in [0.2, 0.25) is 5.02 Å². The molecule has 0 aliphatic heterocycles. The zero-order valence-corrected chi connectivity index (χ0v) is 11.3. The summed E-state index contributed by atoms with van der Waals surface area (Å²) in [5.74, 6) is 5.46. The second kappa shape index (κ2) is 6.95. The maximum atomic E-state index is 13.2. The minimum Gasteiger partial charge on any atom is -0.489 e. The van der Waals surface area contributed by atoms with Crippen LogP contribution >= 0.6 is 11.6 Å². The van der Waals surface area contributed by atoms with E-state index in [9.17, 15) is 4.39 Å². The molecule has 0 aliphatic rings. The van der Waals surface area contributed by atoms with Gasteiger partial charge in [0.1, 0.15) is 24.8 Å². The van der Waals surface area contributed by atoms with Crippen molar-refractivity contribution < 1.29 is 14.2 Å². The lowest BCUT2D eigenvalue weighted by molar-refractivity contribution is 0.306. The third-order valence-corrected chi connectivity index (χ3v) is 2.80. The lowest BCUT2D eigenvalue weighted by Crippen LogP contribution is -1.99. The Morgan fingerprint density at radius 2 is 2.05 bits per heavy atom. The monoisotopic (exact) mass is 290 g/mol. The average molecular weight is 291 g/mol. The first-order chi connectivity index (χ1) is 9.69. The topological polar surface area (TPSA) is 29.5 Å². The molecule has 1 N–H and O–H groups in total. The highest BCUT2D eigenvalue weighted by molar-refractivity contribution is 6.30. The molecule has 0 aromatic heterocycles. The molecule has 0 aliphatic carbocycles. The smallest absolute Gasteiger partial charge is 0.124 e. The molecule has 20 heavy (non-hydrogen) atoms. The number of aliphatic hydroxyl groups excluding tert-OH is 1. The maximum Gasteiger partial charge on any atom is 0.124 e. The van der Waals surface area contributed by atoms with Gasteiger partial charge in [0.2, 0.25) is 0 Å². The highest BCUT2D eigenvalue weighted by Crippen LogP contribution is 2.19. The highest BCUT2D eigenvalue weighted by Gasteiger charge is 2.04. The lowest BCUT2D eigenvalue weighted by atomic mass is 10.1. The summed E-state index contributed by atoms with van der Waals surface area (Å²) in [7, 11) is 0. The molecule has 2 nitrogen and oxygen atoms in total. The minimum absolute atomic E-state index is 0.246. The van der Waals surface area contributed by atoms with Crippen molar-refractivity contribution in [2.75, 3.05) is 6.61 Å². The molecule has 2 aromatic rings. The minimum atomic E-state index is -0.376. The second-order valence-corrected chi connectivity index (χ2v) is 4.44. The number of hydrogen-bond acceptors (Lipinski definition) is 2. The SMILES string of the molecule is OCC#Cc1cc(F)ccc1COc1cccc(Cl)c1. The van der Waals surface area contributed by atoms with Crippen molar-refractivity contribution in [3.05, 3.63) is 64.4 Å². The molecule has 0 radical (unpaired) electrons. The number of rotatable bonds is 3. The van der Waals surface area contributed by atoms with Crippen LogP contribution in [-0.2, 0) is 6.61 Å². The number of hydrogen-bond donors (Lipinski definition) is 1. The van der Waals surface area contributed by atoms with Gasteiger partial charge < -0.3 is 9.84 Å². The van der Waals surface area contributed by atoms with Crippen LogP contribution in [0.3, 0.4) is 0 Å². The maximum absolute atomic E-state index is 13.2. The van der Waals surface area contributed by atoms with Crippen LogP contribution in [0.25, 0.3) is 0 Å². The standard InChI is InChI=1S/C16H12ClFO2/c17-14-4-1-5-16(10-14)20-11-13-6-7-15(18)9-12(13)3-2-8-19/h1,4-7,9-10,19H,8,11H2. The Kier molecular flexibility index (Phi) is 5.00. The summed E-state index contributed by atoms with van der Waals surface area (Å²) in [6.45, 7) is -0.0266. The Morgan fingerprint density at radius 1 is 1.20 bits per heavy atom. The first kappa shape index (κ1) is 14.4. The molecule has 0 atom stereocenters. The summed E-state index contributed by atoms with van der Waals surface area (Å²) in [4.78, 5) is 0. The number of aliphatic hydroxyl groups is 1. The van der Waals surface area contributed by atoms with Crippen molar-refractivity contribution in [1.29, 1.82) is 0 Å². The Morgan fingerprint density at radius 3 is 2.80 bits per heavy atom. The van der Waals surface area contributed by atoms with Gasteiger partial charge in [-0.2, -0.15) is 0 Å². The first-order valence-corrected chi connectivity index (χ1v) is 6.33. The van der Waals surface area contributed by atoms with E-state index in [0.29, 0.717) is 16.3 Å². The Balaban J connectivity index is 2.16. The van der Waals surface area contributed by atoms with Crippen molar-refractivity contribution in [2.24, 2.45) is 0 Å². The second-order valence-electron chi connectivity index (χ2n) is 4.01. The van der Waals surface area contributed by atoms with Gasteiger partial charge in [-0.1, -0.05) is 35.6 Å². The zero-order chi connectivity index (χ0) is 14.4. The summed E-state index contributed by atoms with van der Waals surface area (Å²) in [5.41, 5.74) is 1.24. The van der Waals surface area contributed by atoms with Crippen molar-refractivity contribution in [3.8, 4) is 17.6 Å². The molecule has 2 rings (SSSR count). The van der Waals surface area contributed by atoms with Crippen LogP contribution in [0.5, 0.6) is 5.75 Å². The predicted molar refractivity (Wildman–Crippen MR) is 76.1 cm³/mol. The van der Waals surface area contributed by atoms with Crippen molar-refractivity contribution in [1.82, 2.24) is 0 Å². The molecule has 0 heterocycles. The van der Waals surface area contributed by atoms with E-state index in [4.69, 9.17) is 21.4 Å². The number of halogens is 2. The van der Waals surface area contributed by atoms with E-state index in [0.717, 1.165) is 5.56 Å². The molecule has 2 aromatic carbocycles. The van der Waals surface area contributed by atoms with Gasteiger partial charge in [0.25, 0.3) is 0 Å². The largest absolute Gasteiger partial charge is 0.489 e. The van der Waals surface area contributed by atoms with Crippen LogP contribution in [0.15, 0.2) is 42.5 Å². The molecule has 0 amide bonds. The van der Waals surface area contributed by atoms with Gasteiger partial charge in [-0.05, 0) is 30.3 Å². The van der Waals surface area contributed by atoms with Crippen LogP contribution < -0.4 is 4.74 Å². The van der Waals surface area contributed by atoms with Gasteiger partial charge in [0.05, 0.1) is 0 Å². The van der Waals surface area contributed by atoms with E-state index in [1.165, 1.54) is 12.1 Å². The third-order valence-electron chi connectivity index (χ3n) is 2.56. The van der Waals surface area contributed by atoms with Crippen molar-refractivity contribution in [2.45, 2.75) is 6.61 Å². The molecule has 0 fully saturated rings. The average Bonchev–Trinajstić information content (AvgIpc) is 2.44. The van der Waals surface area contributed by atoms with Gasteiger partial charge in [0, 0.05) is 16.1 Å². The molecule has 0 saturated carbocycles. The summed E-state index contributed by atoms with van der Waals surface area (Å²) in [5, 5.41) is 9.30. The quantitative estimate of drug-likeness (QED) is 0.878. The summed E-state index contributed by atoms with van der Waals surface area (Å²) in [6, 6.07) is 11.3. The zero-order valence-electron chi connectivity index (χ0n) is 10.6. The summed E-state index contributed by atoms with van der Waals surface area (Å²) < 4.78 is 18.8. The van der Waals surface area contributed by atoms with Gasteiger partial charge in [0.15, 0.2) is 0 Å². The van der Waals surface area contributed by atoms with Crippen molar-refractivity contribution >= 4 is 11.6 Å². The molecular formula is C16H12ClFO2. The van der Waals surface area contributed by atoms with E-state index in [1.807, 2.05) is 0 Å². The van der Waals surface area contributed by atoms with Crippen LogP contribution in [0.4, 0.5) is 4.39 Å². The number of benzene rings is 2. The van der Waals surface area contributed by atoms with E-state index in [1.54, 1.807) is 30.3 Å². The molecule has 4 heteroatoms. The van der Waals surface area contributed by atoms with Crippen LogP contribution in [-0.4, -0.2) is 11.7 Å². The van der Waals surface area contributed by atoms with Gasteiger partial charge in [-0.3, -0.25) is 0 Å². The Hall–Kier alpha value is -2.02. The summed E-state index contributed by atoms with van der Waals surface area (Å²) in [6.07, 6.45) is 0. The van der Waals surface area contributed by atoms with E-state index < -0.39 is 0 Å². The Labute approximate surface area is 121 Å². The fourth-order valence-electron chi connectivity index (χ4n) is 1.64. The normalized spacial score (nSPS) is 9.75. The first-order valence-electron chi connectivity index (χ1n) is 5.95. The van der Waals surface area contributed by atoms with E-state index >= 15 is 0 Å². The third kappa shape index (κ3) is 3.99. The lowest BCUT2D eigenvalue weighted by Gasteiger charge is -2.08. The Bertz CT molecular complexity index is 659. The molecule has 102 valence electrons. The summed E-state index contributed by atoms with van der Waals surface area (Å²) >= 11 is 5.87. The molecular weight excluding hydrogens is 279 g/mol. The van der Waals surface area contributed by atoms with Crippen molar-refractivity contribution in [3.63, 3.8) is 0 Å². The fraction of sp³-hybridized carbons (Fsp3) is 0.125. The molecule has 0 bridgehead atoms. The van der Waals surface area contributed by atoms with Crippen LogP contribution in [0, 0.1) is 17.7 Å². The van der Waals surface area contributed by atoms with Gasteiger partial charge in [-0.25, -0.2) is 4.39 Å². The fourth-order valence-corrected chi connectivity index (χ4v) is 1.82. The molecule has 0 saturated heterocycles. The van der Waals surface area contributed by atoms with E-state index in [-0.39, 0.29) is 19.0 Å². The predicted octanol–water partition coefficient (Wildman–Crippen LogP) is 3.40. The molecule has 0 unspecified atom stereocenters.